The van der Waals surface area contributed by atoms with Crippen molar-refractivity contribution in [3.8, 4) is 5.69 Å². The number of imidazole rings is 1. The quantitative estimate of drug-likeness (QED) is 0.437. The summed E-state index contributed by atoms with van der Waals surface area (Å²) in [5.41, 5.74) is 4.18. The highest BCUT2D eigenvalue weighted by Crippen LogP contribution is 2.28. The van der Waals surface area contributed by atoms with E-state index in [0.29, 0.717) is 9.79 Å². The second-order valence-corrected chi connectivity index (χ2v) is 6.37. The van der Waals surface area contributed by atoms with Crippen LogP contribution in [0.3, 0.4) is 0 Å². The Kier molecular flexibility index (Phi) is 3.41. The van der Waals surface area contributed by atoms with E-state index >= 15 is 0 Å². The number of fused-ring (bicyclic) bond motifs is 1. The number of halogens is 2. The minimum atomic E-state index is 0.660. The highest BCUT2D eigenvalue weighted by Gasteiger charge is 2.11. The molecule has 0 spiro atoms. The van der Waals surface area contributed by atoms with Gasteiger partial charge in [-0.15, -0.1) is 0 Å². The van der Waals surface area contributed by atoms with Crippen molar-refractivity contribution in [1.29, 1.82) is 0 Å². The van der Waals surface area contributed by atoms with Crippen LogP contribution in [0, 0.1) is 15.3 Å². The molecule has 0 bridgehead atoms. The number of hydrogen-bond donors (Lipinski definition) is 1. The zero-order valence-corrected chi connectivity index (χ0v) is 13.8. The molecule has 96 valence electrons. The minimum absolute atomic E-state index is 0.660. The number of nitrogens with zero attached hydrogens (tertiary/aromatic N) is 1. The minimum Gasteiger partial charge on any atom is -0.330 e. The third kappa shape index (κ3) is 2.22. The van der Waals surface area contributed by atoms with Gasteiger partial charge in [0.25, 0.3) is 0 Å². The van der Waals surface area contributed by atoms with E-state index in [9.17, 15) is 0 Å². The molecule has 1 N–H and O–H groups in total. The van der Waals surface area contributed by atoms with Gasteiger partial charge >= 0.3 is 0 Å². The summed E-state index contributed by atoms with van der Waals surface area (Å²) < 4.78 is 3.76. The predicted molar refractivity (Wildman–Crippen MR) is 90.9 cm³/mol. The van der Waals surface area contributed by atoms with Crippen molar-refractivity contribution >= 4 is 57.4 Å². The molecule has 0 fully saturated rings. The van der Waals surface area contributed by atoms with E-state index in [2.05, 4.69) is 40.6 Å². The molecule has 19 heavy (non-hydrogen) atoms. The summed E-state index contributed by atoms with van der Waals surface area (Å²) in [7, 11) is 0. The van der Waals surface area contributed by atoms with Crippen LogP contribution in [-0.4, -0.2) is 9.55 Å². The number of hydrogen-bond acceptors (Lipinski definition) is 1. The smallest absolute Gasteiger partial charge is 0.182 e. The zero-order valence-electron chi connectivity index (χ0n) is 10.1. The number of rotatable bonds is 1. The van der Waals surface area contributed by atoms with Crippen molar-refractivity contribution in [3.05, 3.63) is 55.3 Å². The van der Waals surface area contributed by atoms with E-state index < -0.39 is 0 Å². The largest absolute Gasteiger partial charge is 0.330 e. The fourth-order valence-corrected chi connectivity index (χ4v) is 3.46. The Balaban J connectivity index is 2.42. The second kappa shape index (κ2) is 4.92. The van der Waals surface area contributed by atoms with E-state index in [1.807, 2.05) is 34.9 Å². The van der Waals surface area contributed by atoms with Gasteiger partial charge in [0.05, 0.1) is 21.7 Å². The van der Waals surface area contributed by atoms with Crippen molar-refractivity contribution in [2.45, 2.75) is 6.92 Å². The van der Waals surface area contributed by atoms with Crippen LogP contribution in [0.25, 0.3) is 16.7 Å². The SMILES string of the molecule is Cc1cccc2[nH]c(=S)n(-c3ccc(I)cc3Cl)c12. The number of H-pyrrole nitrogens is 1. The Hall–Kier alpha value is -0.850. The molecular weight excluding hydrogens is 391 g/mol. The molecule has 5 heteroatoms. The fourth-order valence-electron chi connectivity index (χ4n) is 2.22. The summed E-state index contributed by atoms with van der Waals surface area (Å²) in [4.78, 5) is 3.23. The molecule has 0 atom stereocenters. The third-order valence-electron chi connectivity index (χ3n) is 3.06. The molecule has 3 rings (SSSR count). The second-order valence-electron chi connectivity index (χ2n) is 4.33. The van der Waals surface area contributed by atoms with Crippen LogP contribution in [-0.2, 0) is 0 Å². The lowest BCUT2D eigenvalue weighted by molar-refractivity contribution is 1.06. The average Bonchev–Trinajstić information content (AvgIpc) is 2.67. The molecule has 2 nitrogen and oxygen atoms in total. The molecule has 0 radical (unpaired) electrons. The lowest BCUT2D eigenvalue weighted by Crippen LogP contribution is -1.96. The van der Waals surface area contributed by atoms with E-state index in [1.54, 1.807) is 0 Å². The molecule has 0 aliphatic heterocycles. The van der Waals surface area contributed by atoms with Gasteiger partial charge in [0, 0.05) is 3.57 Å². The van der Waals surface area contributed by atoms with Crippen LogP contribution in [0.5, 0.6) is 0 Å². The Morgan fingerprint density at radius 1 is 1.26 bits per heavy atom. The average molecular weight is 401 g/mol. The molecule has 0 saturated heterocycles. The molecular formula is C14H10ClIN2S. The van der Waals surface area contributed by atoms with Crippen LogP contribution in [0.1, 0.15) is 5.56 Å². The maximum absolute atomic E-state index is 6.36. The van der Waals surface area contributed by atoms with Crippen LogP contribution < -0.4 is 0 Å². The van der Waals surface area contributed by atoms with E-state index in [1.165, 1.54) is 5.56 Å². The summed E-state index contributed by atoms with van der Waals surface area (Å²) in [6, 6.07) is 12.1. The molecule has 0 amide bonds. The van der Waals surface area contributed by atoms with Crippen molar-refractivity contribution in [2.75, 3.05) is 0 Å². The lowest BCUT2D eigenvalue weighted by atomic mass is 10.2. The number of aryl methyl sites for hydroxylation is 1. The molecule has 0 saturated carbocycles. The van der Waals surface area contributed by atoms with Crippen LogP contribution in [0.15, 0.2) is 36.4 Å². The van der Waals surface area contributed by atoms with Crippen molar-refractivity contribution < 1.29 is 0 Å². The Morgan fingerprint density at radius 2 is 2.05 bits per heavy atom. The van der Waals surface area contributed by atoms with Crippen molar-refractivity contribution in [2.24, 2.45) is 0 Å². The van der Waals surface area contributed by atoms with E-state index in [-0.39, 0.29) is 0 Å². The maximum Gasteiger partial charge on any atom is 0.182 e. The molecule has 0 aliphatic rings. The first-order chi connectivity index (χ1) is 9.08. The first-order valence-corrected chi connectivity index (χ1v) is 7.60. The molecule has 0 aliphatic carbocycles. The number of para-hydroxylation sites is 1. The van der Waals surface area contributed by atoms with Crippen LogP contribution in [0.4, 0.5) is 0 Å². The van der Waals surface area contributed by atoms with Crippen molar-refractivity contribution in [1.82, 2.24) is 9.55 Å². The molecule has 3 aromatic rings. The normalized spacial score (nSPS) is 11.1. The summed E-state index contributed by atoms with van der Waals surface area (Å²) >= 11 is 14.0. The van der Waals surface area contributed by atoms with Gasteiger partial charge in [0.15, 0.2) is 4.77 Å². The van der Waals surface area contributed by atoms with Gasteiger partial charge in [-0.05, 0) is 71.6 Å². The van der Waals surface area contributed by atoms with E-state index in [4.69, 9.17) is 23.8 Å². The summed E-state index contributed by atoms with van der Waals surface area (Å²) in [6.45, 7) is 2.07. The van der Waals surface area contributed by atoms with Gasteiger partial charge in [0.2, 0.25) is 0 Å². The van der Waals surface area contributed by atoms with E-state index in [0.717, 1.165) is 20.3 Å². The van der Waals surface area contributed by atoms with Gasteiger partial charge < -0.3 is 4.98 Å². The summed E-state index contributed by atoms with van der Waals surface area (Å²) in [5, 5.41) is 0.701. The van der Waals surface area contributed by atoms with Crippen LogP contribution in [0.2, 0.25) is 5.02 Å². The van der Waals surface area contributed by atoms with Crippen LogP contribution >= 0.6 is 46.4 Å². The molecule has 0 unspecified atom stereocenters. The van der Waals surface area contributed by atoms with Gasteiger partial charge in [-0.25, -0.2) is 0 Å². The Labute approximate surface area is 134 Å². The molecule has 2 aromatic carbocycles. The first kappa shape index (κ1) is 13.1. The fraction of sp³-hybridized carbons (Fsp3) is 0.0714. The summed E-state index contributed by atoms with van der Waals surface area (Å²) in [6.07, 6.45) is 0. The van der Waals surface area contributed by atoms with Crippen molar-refractivity contribution in [3.63, 3.8) is 0 Å². The van der Waals surface area contributed by atoms with Gasteiger partial charge in [-0.3, -0.25) is 4.57 Å². The third-order valence-corrected chi connectivity index (χ3v) is 4.32. The van der Waals surface area contributed by atoms with Gasteiger partial charge in [-0.1, -0.05) is 23.7 Å². The summed E-state index contributed by atoms with van der Waals surface area (Å²) in [5.74, 6) is 0. The predicted octanol–water partition coefficient (Wildman–Crippen LogP) is 5.25. The highest BCUT2D eigenvalue weighted by molar-refractivity contribution is 14.1. The number of aromatic amines is 1. The van der Waals surface area contributed by atoms with Gasteiger partial charge in [0.1, 0.15) is 0 Å². The highest BCUT2D eigenvalue weighted by atomic mass is 127. The number of benzene rings is 2. The number of aromatic nitrogens is 2. The Bertz CT molecular complexity index is 835. The Morgan fingerprint density at radius 3 is 2.79 bits per heavy atom. The molecule has 1 aromatic heterocycles. The monoisotopic (exact) mass is 400 g/mol. The zero-order chi connectivity index (χ0) is 13.6. The molecule has 1 heterocycles. The first-order valence-electron chi connectivity index (χ1n) is 5.73. The topological polar surface area (TPSA) is 20.7 Å². The maximum atomic E-state index is 6.36. The standard InChI is InChI=1S/C14H10ClIN2S/c1-8-3-2-4-11-13(8)18(14(19)17-11)12-6-5-9(16)7-10(12)15/h2-7H,1H3,(H,17,19). The lowest BCUT2D eigenvalue weighted by Gasteiger charge is -2.09. The van der Waals surface area contributed by atoms with Gasteiger partial charge in [-0.2, -0.15) is 0 Å². The number of nitrogens with one attached hydrogen (secondary N) is 1.